The lowest BCUT2D eigenvalue weighted by atomic mass is 10.1. The fourth-order valence-corrected chi connectivity index (χ4v) is 3.41. The molecule has 3 rings (SSSR count). The highest BCUT2D eigenvalue weighted by Crippen LogP contribution is 2.40. The molecule has 0 aliphatic carbocycles. The molecule has 0 N–H and O–H groups in total. The van der Waals surface area contributed by atoms with Crippen LogP contribution in [0.15, 0.2) is 36.4 Å². The molecule has 150 valence electrons. The van der Waals surface area contributed by atoms with Crippen LogP contribution >= 0.6 is 11.6 Å². The first-order valence-electron chi connectivity index (χ1n) is 8.85. The summed E-state index contributed by atoms with van der Waals surface area (Å²) >= 11 is 6.19. The number of anilines is 1. The molecule has 2 aromatic carbocycles. The summed E-state index contributed by atoms with van der Waals surface area (Å²) in [5.74, 6) is -0.513. The highest BCUT2D eigenvalue weighted by Gasteiger charge is 2.37. The lowest BCUT2D eigenvalue weighted by molar-refractivity contribution is -0.149. The van der Waals surface area contributed by atoms with Gasteiger partial charge in [0.1, 0.15) is 18.1 Å². The molecule has 0 aromatic heterocycles. The third-order valence-corrected chi connectivity index (χ3v) is 5.01. The van der Waals surface area contributed by atoms with E-state index in [0.29, 0.717) is 33.3 Å². The Hall–Kier alpha value is -3.24. The van der Waals surface area contributed by atoms with Crippen molar-refractivity contribution in [1.29, 1.82) is 5.26 Å². The molecule has 7 nitrogen and oxygen atoms in total. The highest BCUT2D eigenvalue weighted by molar-refractivity contribution is 6.32. The molecule has 2 aromatic rings. The Morgan fingerprint density at radius 1 is 1.24 bits per heavy atom. The van der Waals surface area contributed by atoms with Gasteiger partial charge in [-0.3, -0.25) is 9.59 Å². The first-order valence-corrected chi connectivity index (χ1v) is 9.22. The van der Waals surface area contributed by atoms with E-state index in [1.54, 1.807) is 36.4 Å². The monoisotopic (exact) mass is 414 g/mol. The van der Waals surface area contributed by atoms with Gasteiger partial charge in [0.05, 0.1) is 42.5 Å². The first kappa shape index (κ1) is 20.5. The highest BCUT2D eigenvalue weighted by atomic mass is 35.5. The minimum Gasteiger partial charge on any atom is -0.495 e. The van der Waals surface area contributed by atoms with Crippen LogP contribution in [-0.2, 0) is 20.9 Å². The summed E-state index contributed by atoms with van der Waals surface area (Å²) in [6.45, 7) is 0.127. The molecule has 1 saturated heterocycles. The van der Waals surface area contributed by atoms with E-state index >= 15 is 0 Å². The maximum atomic E-state index is 12.5. The van der Waals surface area contributed by atoms with Gasteiger partial charge in [-0.15, -0.1) is 0 Å². The number of amides is 1. The van der Waals surface area contributed by atoms with Crippen LogP contribution in [0.1, 0.15) is 17.5 Å². The van der Waals surface area contributed by atoms with E-state index in [1.807, 2.05) is 0 Å². The van der Waals surface area contributed by atoms with E-state index in [1.165, 1.54) is 19.1 Å². The van der Waals surface area contributed by atoms with E-state index in [2.05, 4.69) is 6.07 Å². The van der Waals surface area contributed by atoms with Gasteiger partial charge >= 0.3 is 5.97 Å². The third-order valence-electron chi connectivity index (χ3n) is 4.71. The Kier molecular flexibility index (Phi) is 6.25. The number of hydrogen-bond acceptors (Lipinski definition) is 6. The fraction of sp³-hybridized carbons (Fsp3) is 0.286. The molecule has 1 aliphatic rings. The summed E-state index contributed by atoms with van der Waals surface area (Å²) in [6.07, 6.45) is 0.0194. The maximum absolute atomic E-state index is 12.5. The number of hydrogen-bond donors (Lipinski definition) is 0. The molecule has 0 spiro atoms. The van der Waals surface area contributed by atoms with Gasteiger partial charge in [0.25, 0.3) is 0 Å². The molecular weight excluding hydrogens is 396 g/mol. The summed E-state index contributed by atoms with van der Waals surface area (Å²) in [6, 6.07) is 12.1. The van der Waals surface area contributed by atoms with E-state index < -0.39 is 11.9 Å². The summed E-state index contributed by atoms with van der Waals surface area (Å²) < 4.78 is 15.9. The number of carbonyl (C=O) groups excluding carboxylic acids is 2. The van der Waals surface area contributed by atoms with Gasteiger partial charge in [-0.05, 0) is 12.1 Å². The van der Waals surface area contributed by atoms with Gasteiger partial charge < -0.3 is 19.1 Å². The standard InChI is InChI=1S/C21H19ClN2O5/c1-27-18-9-19(28-2)17(8-16(18)22)24-11-15(7-20(24)25)21(26)29-12-14-6-4-3-5-13(14)10-23/h3-6,8-9,15H,7,11-12H2,1-2H3/t15-/m0/s1. The lowest BCUT2D eigenvalue weighted by Crippen LogP contribution is -2.27. The van der Waals surface area contributed by atoms with Crippen molar-refractivity contribution in [3.8, 4) is 17.6 Å². The van der Waals surface area contributed by atoms with Crippen molar-refractivity contribution in [2.45, 2.75) is 13.0 Å². The number of methoxy groups -OCH3 is 2. The van der Waals surface area contributed by atoms with Gasteiger partial charge in [-0.25, -0.2) is 0 Å². The van der Waals surface area contributed by atoms with Crippen molar-refractivity contribution in [1.82, 2.24) is 0 Å². The van der Waals surface area contributed by atoms with Gasteiger partial charge in [-0.2, -0.15) is 5.26 Å². The number of benzene rings is 2. The van der Waals surface area contributed by atoms with Crippen LogP contribution in [0.5, 0.6) is 11.5 Å². The summed E-state index contributed by atoms with van der Waals surface area (Å²) in [5.41, 5.74) is 1.53. The van der Waals surface area contributed by atoms with Gasteiger partial charge in [0.2, 0.25) is 5.91 Å². The van der Waals surface area contributed by atoms with Crippen molar-refractivity contribution in [3.63, 3.8) is 0 Å². The van der Waals surface area contributed by atoms with Crippen molar-refractivity contribution >= 4 is 29.2 Å². The topological polar surface area (TPSA) is 88.9 Å². The maximum Gasteiger partial charge on any atom is 0.311 e. The predicted molar refractivity (Wildman–Crippen MR) is 106 cm³/mol. The van der Waals surface area contributed by atoms with Crippen molar-refractivity contribution in [2.75, 3.05) is 25.7 Å². The number of ether oxygens (including phenoxy) is 3. The smallest absolute Gasteiger partial charge is 0.311 e. The molecule has 8 heteroatoms. The SMILES string of the molecule is COc1cc(OC)c(N2C[C@@H](C(=O)OCc3ccccc3C#N)CC2=O)cc1Cl. The average molecular weight is 415 g/mol. The van der Waals surface area contributed by atoms with Crippen LogP contribution in [0, 0.1) is 17.2 Å². The zero-order chi connectivity index (χ0) is 21.0. The Morgan fingerprint density at radius 2 is 1.97 bits per heavy atom. The number of nitriles is 1. The van der Waals surface area contributed by atoms with E-state index in [-0.39, 0.29) is 25.5 Å². The Labute approximate surface area is 173 Å². The molecule has 1 amide bonds. The second-order valence-electron chi connectivity index (χ2n) is 6.44. The van der Waals surface area contributed by atoms with E-state index in [0.717, 1.165) is 0 Å². The first-order chi connectivity index (χ1) is 14.0. The number of esters is 1. The molecule has 0 radical (unpaired) electrons. The second-order valence-corrected chi connectivity index (χ2v) is 6.85. The van der Waals surface area contributed by atoms with Crippen LogP contribution in [0.3, 0.4) is 0 Å². The number of halogens is 1. The summed E-state index contributed by atoms with van der Waals surface area (Å²) in [7, 11) is 2.96. The molecule has 0 bridgehead atoms. The normalized spacial score (nSPS) is 15.7. The molecule has 1 heterocycles. The summed E-state index contributed by atoms with van der Waals surface area (Å²) in [5, 5.41) is 9.46. The zero-order valence-electron chi connectivity index (χ0n) is 16.0. The van der Waals surface area contributed by atoms with Gasteiger partial charge in [-0.1, -0.05) is 29.8 Å². The minimum atomic E-state index is -0.623. The van der Waals surface area contributed by atoms with E-state index in [9.17, 15) is 9.59 Å². The Bertz CT molecular complexity index is 986. The van der Waals surface area contributed by atoms with Crippen molar-refractivity contribution in [2.24, 2.45) is 5.92 Å². The molecule has 0 saturated carbocycles. The molecular formula is C21H19ClN2O5. The van der Waals surface area contributed by atoms with Gasteiger partial charge in [0.15, 0.2) is 0 Å². The zero-order valence-corrected chi connectivity index (χ0v) is 16.7. The number of rotatable bonds is 6. The molecule has 1 atom stereocenters. The Balaban J connectivity index is 1.73. The average Bonchev–Trinajstić information content (AvgIpc) is 3.13. The molecule has 1 aliphatic heterocycles. The largest absolute Gasteiger partial charge is 0.495 e. The lowest BCUT2D eigenvalue weighted by Gasteiger charge is -2.20. The molecule has 1 fully saturated rings. The summed E-state index contributed by atoms with van der Waals surface area (Å²) in [4.78, 5) is 26.5. The quantitative estimate of drug-likeness (QED) is 0.673. The van der Waals surface area contributed by atoms with Crippen molar-refractivity contribution < 1.29 is 23.8 Å². The fourth-order valence-electron chi connectivity index (χ4n) is 3.18. The third kappa shape index (κ3) is 4.28. The Morgan fingerprint density at radius 3 is 2.66 bits per heavy atom. The molecule has 0 unspecified atom stereocenters. The number of carbonyl (C=O) groups is 2. The van der Waals surface area contributed by atoms with Crippen LogP contribution in [0.4, 0.5) is 5.69 Å². The van der Waals surface area contributed by atoms with E-state index in [4.69, 9.17) is 31.1 Å². The van der Waals surface area contributed by atoms with Crippen LogP contribution in [-0.4, -0.2) is 32.6 Å². The molecule has 29 heavy (non-hydrogen) atoms. The van der Waals surface area contributed by atoms with Crippen molar-refractivity contribution in [3.05, 3.63) is 52.5 Å². The second kappa shape index (κ2) is 8.84. The van der Waals surface area contributed by atoms with Gasteiger partial charge in [0, 0.05) is 24.6 Å². The minimum absolute atomic E-state index is 0.0194. The van der Waals surface area contributed by atoms with Crippen LogP contribution < -0.4 is 14.4 Å². The number of nitrogens with zero attached hydrogens (tertiary/aromatic N) is 2. The van der Waals surface area contributed by atoms with Crippen LogP contribution in [0.2, 0.25) is 5.02 Å². The van der Waals surface area contributed by atoms with Crippen LogP contribution in [0.25, 0.3) is 0 Å². The predicted octanol–water partition coefficient (Wildman–Crippen LogP) is 3.33.